The van der Waals surface area contributed by atoms with Crippen molar-refractivity contribution in [3.05, 3.63) is 11.6 Å². The van der Waals surface area contributed by atoms with Crippen molar-refractivity contribution in [3.8, 4) is 0 Å². The van der Waals surface area contributed by atoms with Crippen LogP contribution in [0, 0.1) is 11.8 Å². The summed E-state index contributed by atoms with van der Waals surface area (Å²) in [6.45, 7) is 6.33. The van der Waals surface area contributed by atoms with E-state index in [-0.39, 0.29) is 23.6 Å². The molecule has 0 bridgehead atoms. The van der Waals surface area contributed by atoms with Crippen molar-refractivity contribution in [1.29, 1.82) is 0 Å². The number of allylic oxidation sites excluding steroid dienone is 1. The molecule has 100 valence electrons. The highest BCUT2D eigenvalue weighted by atomic mass is 16.6. The molecule has 3 rings (SSSR count). The third-order valence-electron chi connectivity index (χ3n) is 4.95. The van der Waals surface area contributed by atoms with Crippen molar-refractivity contribution in [2.75, 3.05) is 0 Å². The Morgan fingerprint density at radius 3 is 2.94 bits per heavy atom. The number of ether oxygens (including phenoxy) is 2. The largest absolute Gasteiger partial charge is 0.458 e. The van der Waals surface area contributed by atoms with Gasteiger partial charge >= 0.3 is 5.97 Å². The lowest BCUT2D eigenvalue weighted by atomic mass is 9.82. The summed E-state index contributed by atoms with van der Waals surface area (Å²) in [7, 11) is 0. The fourth-order valence-corrected chi connectivity index (χ4v) is 3.41. The van der Waals surface area contributed by atoms with Crippen LogP contribution in [0.25, 0.3) is 0 Å². The van der Waals surface area contributed by atoms with E-state index in [0.29, 0.717) is 12.0 Å². The van der Waals surface area contributed by atoms with Gasteiger partial charge in [-0.25, -0.2) is 0 Å². The molecule has 1 aliphatic carbocycles. The van der Waals surface area contributed by atoms with Gasteiger partial charge in [0.2, 0.25) is 0 Å². The molecular formula is C15H22O3. The summed E-state index contributed by atoms with van der Waals surface area (Å²) in [4.78, 5) is 11.7. The maximum Gasteiger partial charge on any atom is 0.309 e. The Hall–Kier alpha value is -0.830. The van der Waals surface area contributed by atoms with E-state index in [4.69, 9.17) is 9.47 Å². The second-order valence-electron chi connectivity index (χ2n) is 6.36. The SMILES string of the molecule is C/C1=C\[C@H]2OC(=O)[C@@H](C)C2CC[C@]2(C)O[C@@H]2CC1. The van der Waals surface area contributed by atoms with E-state index < -0.39 is 0 Å². The first-order chi connectivity index (χ1) is 8.49. The van der Waals surface area contributed by atoms with E-state index in [9.17, 15) is 4.79 Å². The summed E-state index contributed by atoms with van der Waals surface area (Å²) in [5.41, 5.74) is 1.39. The molecular weight excluding hydrogens is 228 g/mol. The zero-order valence-corrected chi connectivity index (χ0v) is 11.4. The average Bonchev–Trinajstić information content (AvgIpc) is 2.89. The minimum absolute atomic E-state index is 0.00796. The molecule has 2 heterocycles. The molecule has 3 aliphatic rings. The van der Waals surface area contributed by atoms with Crippen molar-refractivity contribution >= 4 is 5.97 Å². The molecule has 0 spiro atoms. The predicted octanol–water partition coefficient (Wildman–Crippen LogP) is 2.84. The maximum absolute atomic E-state index is 11.7. The molecule has 0 radical (unpaired) electrons. The molecule has 2 aliphatic heterocycles. The fourth-order valence-electron chi connectivity index (χ4n) is 3.41. The number of hydrogen-bond donors (Lipinski definition) is 0. The lowest BCUT2D eigenvalue weighted by molar-refractivity contribution is -0.142. The van der Waals surface area contributed by atoms with Gasteiger partial charge in [0.25, 0.3) is 0 Å². The summed E-state index contributed by atoms with van der Waals surface area (Å²) in [5, 5.41) is 0. The van der Waals surface area contributed by atoms with Crippen LogP contribution in [0.1, 0.15) is 46.5 Å². The van der Waals surface area contributed by atoms with Gasteiger partial charge in [0.1, 0.15) is 6.10 Å². The minimum atomic E-state index is -0.0354. The zero-order chi connectivity index (χ0) is 12.9. The van der Waals surface area contributed by atoms with Crippen LogP contribution in [-0.2, 0) is 14.3 Å². The van der Waals surface area contributed by atoms with Crippen LogP contribution in [0.5, 0.6) is 0 Å². The molecule has 0 N–H and O–H groups in total. The van der Waals surface area contributed by atoms with Crippen molar-refractivity contribution in [2.45, 2.75) is 64.3 Å². The standard InChI is InChI=1S/C15H22O3/c1-9-4-5-13-15(3,18-13)7-6-11-10(2)14(16)17-12(11)8-9/h8,10-13H,4-7H2,1-3H3/b9-8+/t10-,11?,12+,13+,15-/m0/s1. The van der Waals surface area contributed by atoms with Crippen LogP contribution in [0.2, 0.25) is 0 Å². The van der Waals surface area contributed by atoms with Crippen molar-refractivity contribution < 1.29 is 14.3 Å². The lowest BCUT2D eigenvalue weighted by Gasteiger charge is -2.20. The molecule has 5 atom stereocenters. The number of rotatable bonds is 0. The minimum Gasteiger partial charge on any atom is -0.458 e. The number of carbonyl (C=O) groups is 1. The Balaban J connectivity index is 1.83. The highest BCUT2D eigenvalue weighted by Crippen LogP contribution is 2.46. The van der Waals surface area contributed by atoms with Crippen molar-refractivity contribution in [2.24, 2.45) is 11.8 Å². The van der Waals surface area contributed by atoms with E-state index in [0.717, 1.165) is 25.7 Å². The fraction of sp³-hybridized carbons (Fsp3) is 0.800. The predicted molar refractivity (Wildman–Crippen MR) is 68.0 cm³/mol. The Kier molecular flexibility index (Phi) is 2.77. The van der Waals surface area contributed by atoms with Gasteiger partial charge in [-0.15, -0.1) is 0 Å². The third-order valence-corrected chi connectivity index (χ3v) is 4.95. The van der Waals surface area contributed by atoms with Crippen molar-refractivity contribution in [3.63, 3.8) is 0 Å². The second kappa shape index (κ2) is 4.09. The smallest absolute Gasteiger partial charge is 0.309 e. The number of carbonyl (C=O) groups excluding carboxylic acids is 1. The monoisotopic (exact) mass is 250 g/mol. The summed E-state index contributed by atoms with van der Waals surface area (Å²) in [5.74, 6) is 0.318. The van der Waals surface area contributed by atoms with Crippen LogP contribution in [0.4, 0.5) is 0 Å². The first kappa shape index (κ1) is 12.2. The molecule has 2 fully saturated rings. The molecule has 2 saturated heterocycles. The quantitative estimate of drug-likeness (QED) is 0.377. The Labute approximate surface area is 109 Å². The van der Waals surface area contributed by atoms with Crippen LogP contribution in [0.15, 0.2) is 11.6 Å². The molecule has 1 unspecified atom stereocenters. The molecule has 0 aromatic rings. The topological polar surface area (TPSA) is 38.8 Å². The summed E-state index contributed by atoms with van der Waals surface area (Å²) in [6.07, 6.45) is 6.80. The zero-order valence-electron chi connectivity index (χ0n) is 11.4. The lowest BCUT2D eigenvalue weighted by Crippen LogP contribution is -2.22. The van der Waals surface area contributed by atoms with E-state index in [1.807, 2.05) is 6.92 Å². The van der Waals surface area contributed by atoms with Gasteiger partial charge in [0, 0.05) is 5.92 Å². The normalized spacial score (nSPS) is 50.6. The van der Waals surface area contributed by atoms with Gasteiger partial charge in [-0.05, 0) is 45.6 Å². The summed E-state index contributed by atoms with van der Waals surface area (Å²) in [6, 6.07) is 0. The molecule has 0 saturated carbocycles. The number of epoxide rings is 1. The van der Waals surface area contributed by atoms with Gasteiger partial charge in [-0.1, -0.05) is 12.5 Å². The first-order valence-corrected chi connectivity index (χ1v) is 7.05. The van der Waals surface area contributed by atoms with Crippen LogP contribution in [-0.4, -0.2) is 23.8 Å². The van der Waals surface area contributed by atoms with Gasteiger partial charge in [-0.3, -0.25) is 4.79 Å². The van der Waals surface area contributed by atoms with Gasteiger partial charge in [-0.2, -0.15) is 0 Å². The van der Waals surface area contributed by atoms with E-state index >= 15 is 0 Å². The van der Waals surface area contributed by atoms with Crippen LogP contribution in [0.3, 0.4) is 0 Å². The Morgan fingerprint density at radius 1 is 1.39 bits per heavy atom. The van der Waals surface area contributed by atoms with Gasteiger partial charge in [0.05, 0.1) is 17.6 Å². The third kappa shape index (κ3) is 1.99. The summed E-state index contributed by atoms with van der Waals surface area (Å²) < 4.78 is 11.3. The molecule has 18 heavy (non-hydrogen) atoms. The highest BCUT2D eigenvalue weighted by Gasteiger charge is 2.52. The number of hydrogen-bond acceptors (Lipinski definition) is 3. The maximum atomic E-state index is 11.7. The Morgan fingerprint density at radius 2 is 2.17 bits per heavy atom. The molecule has 3 heteroatoms. The van der Waals surface area contributed by atoms with E-state index in [2.05, 4.69) is 19.9 Å². The van der Waals surface area contributed by atoms with E-state index in [1.165, 1.54) is 5.57 Å². The average molecular weight is 250 g/mol. The molecule has 0 aromatic heterocycles. The first-order valence-electron chi connectivity index (χ1n) is 7.05. The molecule has 3 nitrogen and oxygen atoms in total. The summed E-state index contributed by atoms with van der Waals surface area (Å²) >= 11 is 0. The molecule has 0 aromatic carbocycles. The highest BCUT2D eigenvalue weighted by molar-refractivity contribution is 5.75. The van der Waals surface area contributed by atoms with Gasteiger partial charge in [0.15, 0.2) is 0 Å². The molecule has 0 amide bonds. The van der Waals surface area contributed by atoms with Crippen LogP contribution < -0.4 is 0 Å². The second-order valence-corrected chi connectivity index (χ2v) is 6.36. The Bertz CT molecular complexity index is 401. The van der Waals surface area contributed by atoms with Crippen LogP contribution >= 0.6 is 0 Å². The van der Waals surface area contributed by atoms with E-state index in [1.54, 1.807) is 0 Å². The van der Waals surface area contributed by atoms with Crippen molar-refractivity contribution in [1.82, 2.24) is 0 Å². The number of fused-ring (bicyclic) bond motifs is 2. The van der Waals surface area contributed by atoms with Gasteiger partial charge < -0.3 is 9.47 Å². The number of esters is 1.